The average Bonchev–Trinajstić information content (AvgIpc) is 3.52. The second-order valence-corrected chi connectivity index (χ2v) is 9.54. The van der Waals surface area contributed by atoms with Crippen LogP contribution in [0.4, 0.5) is 5.69 Å². The van der Waals surface area contributed by atoms with Gasteiger partial charge in [0.15, 0.2) is 5.76 Å². The number of nitrogens with zero attached hydrogens (tertiary/aromatic N) is 2. The molecule has 1 saturated heterocycles. The van der Waals surface area contributed by atoms with E-state index in [9.17, 15) is 9.59 Å². The van der Waals surface area contributed by atoms with Crippen molar-refractivity contribution < 1.29 is 14.0 Å². The Morgan fingerprint density at radius 2 is 1.87 bits per heavy atom. The van der Waals surface area contributed by atoms with Crippen LogP contribution in [0.2, 0.25) is 8.67 Å². The van der Waals surface area contributed by atoms with E-state index in [0.29, 0.717) is 51.4 Å². The molecule has 1 fully saturated rings. The topological polar surface area (TPSA) is 69.5 Å². The number of nitrogens with one attached hydrogen (secondary N) is 1. The number of amides is 1. The molecule has 1 amide bonds. The van der Waals surface area contributed by atoms with Gasteiger partial charge in [-0.25, -0.2) is 0 Å². The first-order chi connectivity index (χ1) is 15.0. The van der Waals surface area contributed by atoms with E-state index < -0.39 is 0 Å². The van der Waals surface area contributed by atoms with Crippen LogP contribution in [0.25, 0.3) is 10.9 Å². The Hall–Kier alpha value is -2.74. The van der Waals surface area contributed by atoms with Crippen molar-refractivity contribution in [1.82, 2.24) is 9.88 Å². The molecule has 4 aromatic rings. The van der Waals surface area contributed by atoms with E-state index in [1.54, 1.807) is 30.5 Å². The quantitative estimate of drug-likeness (QED) is 0.407. The molecule has 0 radical (unpaired) electrons. The third kappa shape index (κ3) is 3.73. The van der Waals surface area contributed by atoms with Crippen LogP contribution in [-0.4, -0.2) is 47.8 Å². The van der Waals surface area contributed by atoms with Gasteiger partial charge in [-0.2, -0.15) is 0 Å². The maximum Gasteiger partial charge on any atom is 0.253 e. The molecule has 5 rings (SSSR count). The largest absolute Gasteiger partial charge is 0.461 e. The summed E-state index contributed by atoms with van der Waals surface area (Å²) < 4.78 is 6.55. The lowest BCUT2D eigenvalue weighted by Gasteiger charge is -2.35. The standard InChI is InChI=1S/C22H17Cl2N3O3S/c23-19-11-17(21(24)31-19)26-5-7-27(8-6-26)22(29)13-3-4-16-14(10-13)15(12-25-16)20(28)18-2-1-9-30-18/h1-4,9-12,25H,5-8H2. The van der Waals surface area contributed by atoms with E-state index in [2.05, 4.69) is 9.88 Å². The van der Waals surface area contributed by atoms with Crippen molar-refractivity contribution in [3.8, 4) is 0 Å². The number of fused-ring (bicyclic) bond motifs is 1. The van der Waals surface area contributed by atoms with E-state index in [4.69, 9.17) is 27.6 Å². The first-order valence-corrected chi connectivity index (χ1v) is 11.3. The molecule has 4 heterocycles. The lowest BCUT2D eigenvalue weighted by Crippen LogP contribution is -2.48. The zero-order valence-corrected chi connectivity index (χ0v) is 18.6. The van der Waals surface area contributed by atoms with Crippen molar-refractivity contribution in [2.75, 3.05) is 31.1 Å². The van der Waals surface area contributed by atoms with Crippen LogP contribution in [0.5, 0.6) is 0 Å². The van der Waals surface area contributed by atoms with Crippen LogP contribution in [0.15, 0.2) is 53.3 Å². The molecule has 0 saturated carbocycles. The number of piperazine rings is 1. The molecule has 0 spiro atoms. The lowest BCUT2D eigenvalue weighted by atomic mass is 10.0. The number of ketones is 1. The third-order valence-corrected chi connectivity index (χ3v) is 6.93. The number of halogens is 2. The minimum atomic E-state index is -0.222. The number of aromatic amines is 1. The Morgan fingerprint density at radius 1 is 1.06 bits per heavy atom. The highest BCUT2D eigenvalue weighted by Gasteiger charge is 2.25. The SMILES string of the molecule is O=C(c1ccco1)c1c[nH]c2ccc(C(=O)N3CCN(c4cc(Cl)sc4Cl)CC3)cc12. The number of furan rings is 1. The fraction of sp³-hybridized carbons (Fsp3) is 0.182. The van der Waals surface area contributed by atoms with Gasteiger partial charge in [0, 0.05) is 48.8 Å². The smallest absolute Gasteiger partial charge is 0.253 e. The van der Waals surface area contributed by atoms with Crippen molar-refractivity contribution >= 4 is 62.8 Å². The maximum atomic E-state index is 13.1. The van der Waals surface area contributed by atoms with Crippen LogP contribution in [0, 0.1) is 0 Å². The summed E-state index contributed by atoms with van der Waals surface area (Å²) in [5.74, 6) is -0.0182. The van der Waals surface area contributed by atoms with E-state index in [1.165, 1.54) is 17.6 Å². The van der Waals surface area contributed by atoms with Crippen molar-refractivity contribution in [2.24, 2.45) is 0 Å². The number of anilines is 1. The van der Waals surface area contributed by atoms with Crippen molar-refractivity contribution in [3.05, 3.63) is 74.4 Å². The lowest BCUT2D eigenvalue weighted by molar-refractivity contribution is 0.0746. The zero-order chi connectivity index (χ0) is 21.5. The molecule has 0 atom stereocenters. The van der Waals surface area contributed by atoms with Gasteiger partial charge < -0.3 is 19.2 Å². The van der Waals surface area contributed by atoms with Crippen LogP contribution >= 0.6 is 34.5 Å². The normalized spacial score (nSPS) is 14.4. The van der Waals surface area contributed by atoms with Crippen LogP contribution < -0.4 is 4.90 Å². The first-order valence-electron chi connectivity index (χ1n) is 9.69. The minimum Gasteiger partial charge on any atom is -0.461 e. The van der Waals surface area contributed by atoms with Crippen molar-refractivity contribution in [1.29, 1.82) is 0 Å². The predicted octanol–water partition coefficient (Wildman–Crippen LogP) is 5.32. The molecule has 1 aliphatic rings. The number of benzene rings is 1. The molecular weight excluding hydrogens is 457 g/mol. The summed E-state index contributed by atoms with van der Waals surface area (Å²) in [6.45, 7) is 2.50. The summed E-state index contributed by atoms with van der Waals surface area (Å²) in [5, 5.41) is 0.700. The number of rotatable bonds is 4. The van der Waals surface area contributed by atoms with Gasteiger partial charge in [-0.15, -0.1) is 11.3 Å². The Balaban J connectivity index is 1.35. The summed E-state index contributed by atoms with van der Waals surface area (Å²) >= 11 is 13.7. The van der Waals surface area contributed by atoms with Gasteiger partial charge in [-0.1, -0.05) is 23.2 Å². The van der Waals surface area contributed by atoms with Gasteiger partial charge in [0.1, 0.15) is 4.34 Å². The Morgan fingerprint density at radius 3 is 2.55 bits per heavy atom. The third-order valence-electron chi connectivity index (χ3n) is 5.46. The monoisotopic (exact) mass is 473 g/mol. The molecule has 0 bridgehead atoms. The summed E-state index contributed by atoms with van der Waals surface area (Å²) in [5.41, 5.74) is 2.73. The molecular formula is C22H17Cl2N3O3S. The van der Waals surface area contributed by atoms with Gasteiger partial charge in [0.25, 0.3) is 5.91 Å². The Bertz CT molecular complexity index is 1270. The molecule has 31 heavy (non-hydrogen) atoms. The highest BCUT2D eigenvalue weighted by molar-refractivity contribution is 7.20. The van der Waals surface area contributed by atoms with Gasteiger partial charge in [-0.05, 0) is 36.4 Å². The summed E-state index contributed by atoms with van der Waals surface area (Å²) in [6.07, 6.45) is 3.12. The summed E-state index contributed by atoms with van der Waals surface area (Å²) in [6, 6.07) is 10.5. The van der Waals surface area contributed by atoms with Crippen LogP contribution in [-0.2, 0) is 0 Å². The number of carbonyl (C=O) groups is 2. The van der Waals surface area contributed by atoms with Crippen molar-refractivity contribution in [3.63, 3.8) is 0 Å². The van der Waals surface area contributed by atoms with Gasteiger partial charge in [0.2, 0.25) is 5.78 Å². The van der Waals surface area contributed by atoms with Crippen LogP contribution in [0.3, 0.4) is 0 Å². The van der Waals surface area contributed by atoms with Crippen molar-refractivity contribution in [2.45, 2.75) is 0 Å². The second-order valence-electron chi connectivity index (χ2n) is 7.26. The number of hydrogen-bond acceptors (Lipinski definition) is 5. The predicted molar refractivity (Wildman–Crippen MR) is 123 cm³/mol. The first kappa shape index (κ1) is 20.2. The molecule has 3 aromatic heterocycles. The molecule has 1 aliphatic heterocycles. The van der Waals surface area contributed by atoms with E-state index >= 15 is 0 Å². The molecule has 6 nitrogen and oxygen atoms in total. The average molecular weight is 474 g/mol. The van der Waals surface area contributed by atoms with E-state index in [1.807, 2.05) is 17.0 Å². The molecule has 158 valence electrons. The van der Waals surface area contributed by atoms with E-state index in [-0.39, 0.29) is 17.5 Å². The number of H-pyrrole nitrogens is 1. The molecule has 0 unspecified atom stereocenters. The zero-order valence-electron chi connectivity index (χ0n) is 16.2. The number of aromatic nitrogens is 1. The van der Waals surface area contributed by atoms with Crippen LogP contribution in [0.1, 0.15) is 26.5 Å². The Kier molecular flexibility index (Phi) is 5.25. The van der Waals surface area contributed by atoms with E-state index in [0.717, 1.165) is 11.2 Å². The second kappa shape index (κ2) is 8.07. The molecule has 0 aliphatic carbocycles. The molecule has 9 heteroatoms. The van der Waals surface area contributed by atoms with Gasteiger partial charge in [-0.3, -0.25) is 9.59 Å². The number of thiophene rings is 1. The minimum absolute atomic E-state index is 0.0615. The van der Waals surface area contributed by atoms with Gasteiger partial charge >= 0.3 is 0 Å². The number of carbonyl (C=O) groups excluding carboxylic acids is 2. The Labute approximate surface area is 192 Å². The number of hydrogen-bond donors (Lipinski definition) is 1. The summed E-state index contributed by atoms with van der Waals surface area (Å²) in [7, 11) is 0. The fourth-order valence-electron chi connectivity index (χ4n) is 3.86. The highest BCUT2D eigenvalue weighted by Crippen LogP contribution is 2.38. The van der Waals surface area contributed by atoms with Gasteiger partial charge in [0.05, 0.1) is 21.9 Å². The fourth-order valence-corrected chi connectivity index (χ4v) is 5.37. The molecule has 1 aromatic carbocycles. The summed E-state index contributed by atoms with van der Waals surface area (Å²) in [4.78, 5) is 32.9. The highest BCUT2D eigenvalue weighted by atomic mass is 35.5. The molecule has 1 N–H and O–H groups in total. The maximum absolute atomic E-state index is 13.1.